The lowest BCUT2D eigenvalue weighted by atomic mass is 10.2. The Morgan fingerprint density at radius 3 is 2.58 bits per heavy atom. The molecule has 0 fully saturated rings. The molecule has 1 N–H and O–H groups in total. The van der Waals surface area contributed by atoms with Crippen molar-refractivity contribution in [2.75, 3.05) is 18.1 Å². The topological polar surface area (TPSA) is 68.0 Å². The Hall–Kier alpha value is -2.32. The highest BCUT2D eigenvalue weighted by Gasteiger charge is 2.11. The van der Waals surface area contributed by atoms with Gasteiger partial charge in [-0.2, -0.15) is 0 Å². The van der Waals surface area contributed by atoms with Crippen molar-refractivity contribution in [1.82, 2.24) is 15.5 Å². The van der Waals surface area contributed by atoms with Crippen molar-refractivity contribution in [3.8, 4) is 11.5 Å². The largest absolute Gasteiger partial charge is 0.411 e. The molecule has 0 saturated carbocycles. The second kappa shape index (κ2) is 9.40. The summed E-state index contributed by atoms with van der Waals surface area (Å²) >= 11 is 2.86. The zero-order valence-corrected chi connectivity index (χ0v) is 15.4. The summed E-state index contributed by atoms with van der Waals surface area (Å²) in [6, 6.07) is 15.8. The third-order valence-electron chi connectivity index (χ3n) is 3.26. The summed E-state index contributed by atoms with van der Waals surface area (Å²) in [6.07, 6.45) is 0. The molecule has 3 rings (SSSR count). The molecule has 1 amide bonds. The van der Waals surface area contributed by atoms with E-state index in [4.69, 9.17) is 4.42 Å². The van der Waals surface area contributed by atoms with Crippen LogP contribution >= 0.6 is 23.5 Å². The molecule has 0 spiro atoms. The maximum absolute atomic E-state index is 12.9. The van der Waals surface area contributed by atoms with E-state index in [0.717, 1.165) is 5.75 Å². The van der Waals surface area contributed by atoms with Crippen molar-refractivity contribution < 1.29 is 13.6 Å². The highest BCUT2D eigenvalue weighted by molar-refractivity contribution is 7.99. The monoisotopic (exact) mass is 389 g/mol. The maximum Gasteiger partial charge on any atom is 0.277 e. The number of rotatable bonds is 8. The van der Waals surface area contributed by atoms with E-state index in [0.29, 0.717) is 23.2 Å². The molecule has 0 atom stereocenters. The van der Waals surface area contributed by atoms with Crippen LogP contribution in [0.3, 0.4) is 0 Å². The molecule has 134 valence electrons. The number of hydrogen-bond acceptors (Lipinski definition) is 6. The Morgan fingerprint density at radius 1 is 1.04 bits per heavy atom. The van der Waals surface area contributed by atoms with Crippen LogP contribution in [0.1, 0.15) is 0 Å². The lowest BCUT2D eigenvalue weighted by Crippen LogP contribution is -2.27. The van der Waals surface area contributed by atoms with Crippen LogP contribution in [0.4, 0.5) is 4.39 Å². The van der Waals surface area contributed by atoms with Crippen LogP contribution in [0.25, 0.3) is 11.5 Å². The zero-order valence-electron chi connectivity index (χ0n) is 13.7. The van der Waals surface area contributed by atoms with Gasteiger partial charge in [0.15, 0.2) is 0 Å². The number of hydrogen-bond donors (Lipinski definition) is 1. The van der Waals surface area contributed by atoms with Crippen molar-refractivity contribution >= 4 is 29.4 Å². The molecule has 0 aliphatic rings. The predicted molar refractivity (Wildman–Crippen MR) is 101 cm³/mol. The molecule has 0 aliphatic heterocycles. The third-order valence-corrected chi connectivity index (χ3v) is 5.09. The van der Waals surface area contributed by atoms with E-state index in [1.165, 1.54) is 28.8 Å². The van der Waals surface area contributed by atoms with Gasteiger partial charge >= 0.3 is 0 Å². The van der Waals surface area contributed by atoms with Crippen LogP contribution in [0.2, 0.25) is 0 Å². The fourth-order valence-electron chi connectivity index (χ4n) is 2.03. The maximum atomic E-state index is 12.9. The number of nitrogens with zero attached hydrogens (tertiary/aromatic N) is 2. The van der Waals surface area contributed by atoms with Crippen molar-refractivity contribution in [1.29, 1.82) is 0 Å². The fraction of sp³-hybridized carbons (Fsp3) is 0.167. The standard InChI is InChI=1S/C18H16FN3O2S2/c19-14-8-6-13(7-9-14)17-21-22-18(24-17)26-12-16(23)20-10-11-25-15-4-2-1-3-5-15/h1-9H,10-12H2,(H,20,23). The Balaban J connectivity index is 1.38. The number of halogens is 1. The Morgan fingerprint density at radius 2 is 1.81 bits per heavy atom. The molecule has 0 unspecified atom stereocenters. The van der Waals surface area contributed by atoms with Gasteiger partial charge in [-0.25, -0.2) is 4.39 Å². The highest BCUT2D eigenvalue weighted by Crippen LogP contribution is 2.23. The Labute approximate surface area is 158 Å². The summed E-state index contributed by atoms with van der Waals surface area (Å²) in [5.41, 5.74) is 0.633. The molecular weight excluding hydrogens is 373 g/mol. The molecule has 2 aromatic carbocycles. The Bertz CT molecular complexity index is 841. The summed E-state index contributed by atoms with van der Waals surface area (Å²) in [5, 5.41) is 11.0. The van der Waals surface area contributed by atoms with Crippen molar-refractivity contribution in [2.24, 2.45) is 0 Å². The van der Waals surface area contributed by atoms with Crippen LogP contribution < -0.4 is 5.32 Å². The molecule has 0 saturated heterocycles. The van der Waals surface area contributed by atoms with Crippen LogP contribution in [0.15, 0.2) is 69.1 Å². The summed E-state index contributed by atoms with van der Waals surface area (Å²) in [7, 11) is 0. The van der Waals surface area contributed by atoms with Gasteiger partial charge in [-0.05, 0) is 36.4 Å². The lowest BCUT2D eigenvalue weighted by Gasteiger charge is -2.04. The smallest absolute Gasteiger partial charge is 0.277 e. The quantitative estimate of drug-likeness (QED) is 0.466. The van der Waals surface area contributed by atoms with Gasteiger partial charge < -0.3 is 9.73 Å². The average molecular weight is 389 g/mol. The van der Waals surface area contributed by atoms with Crippen LogP contribution in [0, 0.1) is 5.82 Å². The first-order chi connectivity index (χ1) is 12.7. The van der Waals surface area contributed by atoms with Crippen LogP contribution in [-0.4, -0.2) is 34.2 Å². The number of aromatic nitrogens is 2. The van der Waals surface area contributed by atoms with E-state index in [1.54, 1.807) is 23.9 Å². The normalized spacial score (nSPS) is 10.7. The van der Waals surface area contributed by atoms with Crippen LogP contribution in [0.5, 0.6) is 0 Å². The van der Waals surface area contributed by atoms with Crippen molar-refractivity contribution in [3.63, 3.8) is 0 Å². The molecule has 1 aromatic heterocycles. The first-order valence-corrected chi connectivity index (χ1v) is 9.84. The number of carbonyl (C=O) groups excluding carboxylic acids is 1. The molecule has 5 nitrogen and oxygen atoms in total. The number of thioether (sulfide) groups is 2. The number of nitrogens with one attached hydrogen (secondary N) is 1. The molecule has 0 radical (unpaired) electrons. The second-order valence-electron chi connectivity index (χ2n) is 5.18. The molecule has 26 heavy (non-hydrogen) atoms. The van der Waals surface area contributed by atoms with Crippen molar-refractivity contribution in [3.05, 3.63) is 60.4 Å². The van der Waals surface area contributed by atoms with Gasteiger partial charge in [-0.15, -0.1) is 22.0 Å². The third kappa shape index (κ3) is 5.60. The van der Waals surface area contributed by atoms with E-state index in [1.807, 2.05) is 30.3 Å². The van der Waals surface area contributed by atoms with E-state index in [-0.39, 0.29) is 17.5 Å². The highest BCUT2D eigenvalue weighted by atomic mass is 32.2. The van der Waals surface area contributed by atoms with Gasteiger partial charge in [-0.3, -0.25) is 4.79 Å². The second-order valence-corrected chi connectivity index (χ2v) is 7.28. The molecule has 0 aliphatic carbocycles. The van der Waals surface area contributed by atoms with E-state index in [9.17, 15) is 9.18 Å². The SMILES string of the molecule is O=C(CSc1nnc(-c2ccc(F)cc2)o1)NCCSc1ccccc1. The molecule has 3 aromatic rings. The van der Waals surface area contributed by atoms with Gasteiger partial charge in [0, 0.05) is 22.8 Å². The van der Waals surface area contributed by atoms with Gasteiger partial charge in [0.25, 0.3) is 5.22 Å². The first-order valence-electron chi connectivity index (χ1n) is 7.87. The van der Waals surface area contributed by atoms with Gasteiger partial charge in [0.2, 0.25) is 11.8 Å². The zero-order chi connectivity index (χ0) is 18.2. The lowest BCUT2D eigenvalue weighted by molar-refractivity contribution is -0.118. The minimum atomic E-state index is -0.329. The van der Waals surface area contributed by atoms with E-state index in [2.05, 4.69) is 15.5 Å². The summed E-state index contributed by atoms with van der Waals surface area (Å²) in [5.74, 6) is 0.874. The predicted octanol–water partition coefficient (Wildman–Crippen LogP) is 3.88. The molecule has 1 heterocycles. The van der Waals surface area contributed by atoms with Crippen molar-refractivity contribution in [2.45, 2.75) is 10.1 Å². The molecule has 8 heteroatoms. The summed E-state index contributed by atoms with van der Waals surface area (Å²) < 4.78 is 18.4. The van der Waals surface area contributed by atoms with Gasteiger partial charge in [-0.1, -0.05) is 30.0 Å². The molecule has 0 bridgehead atoms. The Kier molecular flexibility index (Phi) is 6.68. The minimum absolute atomic E-state index is 0.0924. The first kappa shape index (κ1) is 18.5. The minimum Gasteiger partial charge on any atom is -0.411 e. The molecular formula is C18H16FN3O2S2. The number of amides is 1. The average Bonchev–Trinajstić information content (AvgIpc) is 3.14. The van der Waals surface area contributed by atoms with Gasteiger partial charge in [0.05, 0.1) is 5.75 Å². The summed E-state index contributed by atoms with van der Waals surface area (Å²) in [4.78, 5) is 13.0. The van der Waals surface area contributed by atoms with Gasteiger partial charge in [0.1, 0.15) is 5.82 Å². The van der Waals surface area contributed by atoms with Crippen LogP contribution in [-0.2, 0) is 4.79 Å². The number of benzene rings is 2. The van der Waals surface area contributed by atoms with E-state index >= 15 is 0 Å². The number of carbonyl (C=O) groups is 1. The fourth-order valence-corrected chi connectivity index (χ4v) is 3.41. The van der Waals surface area contributed by atoms with E-state index < -0.39 is 0 Å². The summed E-state index contributed by atoms with van der Waals surface area (Å²) in [6.45, 7) is 0.587.